The fraction of sp³-hybridized carbons (Fsp3) is 0.857. The summed E-state index contributed by atoms with van der Waals surface area (Å²) in [7, 11) is -2.32. The van der Waals surface area contributed by atoms with Crippen LogP contribution in [0.25, 0.3) is 0 Å². The first-order valence-corrected chi connectivity index (χ1v) is 5.74. The van der Waals surface area contributed by atoms with Gasteiger partial charge < -0.3 is 9.84 Å². The van der Waals surface area contributed by atoms with E-state index in [2.05, 4.69) is 9.46 Å². The van der Waals surface area contributed by atoms with E-state index in [0.29, 0.717) is 0 Å². The highest BCUT2D eigenvalue weighted by molar-refractivity contribution is 7.89. The SMILES string of the molecule is COC(=O)CCS(=O)(=O)N[C@H](C)CO. The third-order valence-electron chi connectivity index (χ3n) is 1.46. The average Bonchev–Trinajstić information content (AvgIpc) is 2.13. The number of hydrogen-bond donors (Lipinski definition) is 2. The van der Waals surface area contributed by atoms with Crippen molar-refractivity contribution < 1.29 is 23.1 Å². The number of aliphatic hydroxyl groups excluding tert-OH is 1. The molecule has 0 aromatic heterocycles. The molecule has 0 amide bonds. The Kier molecular flexibility index (Phi) is 5.66. The topological polar surface area (TPSA) is 92.7 Å². The monoisotopic (exact) mass is 225 g/mol. The molecule has 0 rings (SSSR count). The van der Waals surface area contributed by atoms with Crippen LogP contribution in [0.4, 0.5) is 0 Å². The fourth-order valence-corrected chi connectivity index (χ4v) is 1.96. The van der Waals surface area contributed by atoms with Gasteiger partial charge in [-0.3, -0.25) is 4.79 Å². The van der Waals surface area contributed by atoms with Crippen molar-refractivity contribution in [1.29, 1.82) is 0 Å². The van der Waals surface area contributed by atoms with Crippen LogP contribution in [-0.4, -0.2) is 45.0 Å². The second-order valence-electron chi connectivity index (χ2n) is 2.85. The van der Waals surface area contributed by atoms with Crippen LogP contribution in [0, 0.1) is 0 Å². The number of hydrogen-bond acceptors (Lipinski definition) is 5. The summed E-state index contributed by atoms with van der Waals surface area (Å²) in [6, 6.07) is -0.544. The second-order valence-corrected chi connectivity index (χ2v) is 4.72. The summed E-state index contributed by atoms with van der Waals surface area (Å²) < 4.78 is 28.9. The predicted octanol–water partition coefficient (Wildman–Crippen LogP) is -1.15. The fourth-order valence-electron chi connectivity index (χ4n) is 0.722. The maximum absolute atomic E-state index is 11.2. The van der Waals surface area contributed by atoms with Gasteiger partial charge >= 0.3 is 5.97 Å². The molecule has 0 saturated heterocycles. The molecule has 0 aliphatic carbocycles. The number of aliphatic hydroxyl groups is 1. The van der Waals surface area contributed by atoms with Crippen LogP contribution in [0.2, 0.25) is 0 Å². The lowest BCUT2D eigenvalue weighted by atomic mass is 10.4. The van der Waals surface area contributed by atoms with E-state index >= 15 is 0 Å². The smallest absolute Gasteiger partial charge is 0.306 e. The van der Waals surface area contributed by atoms with Crippen LogP contribution in [0.5, 0.6) is 0 Å². The number of ether oxygens (including phenoxy) is 1. The van der Waals surface area contributed by atoms with Gasteiger partial charge in [0.1, 0.15) is 0 Å². The quantitative estimate of drug-likeness (QED) is 0.557. The number of rotatable bonds is 6. The van der Waals surface area contributed by atoms with Crippen LogP contribution in [-0.2, 0) is 19.6 Å². The molecular formula is C7H15NO5S. The molecule has 0 heterocycles. The van der Waals surface area contributed by atoms with Crippen LogP contribution in [0.1, 0.15) is 13.3 Å². The molecule has 6 nitrogen and oxygen atoms in total. The van der Waals surface area contributed by atoms with E-state index < -0.39 is 22.0 Å². The van der Waals surface area contributed by atoms with E-state index in [9.17, 15) is 13.2 Å². The van der Waals surface area contributed by atoms with Gasteiger partial charge in [0.25, 0.3) is 0 Å². The van der Waals surface area contributed by atoms with Gasteiger partial charge in [0, 0.05) is 6.04 Å². The number of carbonyl (C=O) groups is 1. The molecule has 1 atom stereocenters. The van der Waals surface area contributed by atoms with Crippen LogP contribution >= 0.6 is 0 Å². The third-order valence-corrected chi connectivity index (χ3v) is 2.96. The van der Waals surface area contributed by atoms with Crippen molar-refractivity contribution >= 4 is 16.0 Å². The molecule has 7 heteroatoms. The summed E-state index contributed by atoms with van der Waals surface area (Å²) in [6.07, 6.45) is -0.190. The Morgan fingerprint density at radius 2 is 2.14 bits per heavy atom. The number of esters is 1. The molecule has 0 aromatic carbocycles. The lowest BCUT2D eigenvalue weighted by Crippen LogP contribution is -2.37. The maximum atomic E-state index is 11.2. The van der Waals surface area contributed by atoms with Crippen molar-refractivity contribution in [2.45, 2.75) is 19.4 Å². The van der Waals surface area contributed by atoms with Gasteiger partial charge in [-0.2, -0.15) is 0 Å². The van der Waals surface area contributed by atoms with Crippen molar-refractivity contribution in [3.05, 3.63) is 0 Å². The average molecular weight is 225 g/mol. The zero-order chi connectivity index (χ0) is 11.2. The normalized spacial score (nSPS) is 13.6. The van der Waals surface area contributed by atoms with Crippen LogP contribution in [0.3, 0.4) is 0 Å². The van der Waals surface area contributed by atoms with Gasteiger partial charge in [-0.1, -0.05) is 0 Å². The summed E-state index contributed by atoms with van der Waals surface area (Å²) in [5.74, 6) is -0.906. The standard InChI is InChI=1S/C7H15NO5S/c1-6(5-9)8-14(11,12)4-3-7(10)13-2/h6,8-9H,3-5H2,1-2H3/t6-/m1/s1. The lowest BCUT2D eigenvalue weighted by Gasteiger charge is -2.10. The first-order valence-electron chi connectivity index (χ1n) is 4.09. The summed E-state index contributed by atoms with van der Waals surface area (Å²) in [6.45, 7) is 1.24. The van der Waals surface area contributed by atoms with Crippen molar-refractivity contribution in [2.24, 2.45) is 0 Å². The molecular weight excluding hydrogens is 210 g/mol. The summed E-state index contributed by atoms with van der Waals surface area (Å²) in [5.41, 5.74) is 0. The Balaban J connectivity index is 4.02. The summed E-state index contributed by atoms with van der Waals surface area (Å²) in [4.78, 5) is 10.6. The van der Waals surface area contributed by atoms with E-state index in [4.69, 9.17) is 5.11 Å². The maximum Gasteiger partial charge on any atom is 0.306 e. The second kappa shape index (κ2) is 5.94. The first kappa shape index (κ1) is 13.3. The van der Waals surface area contributed by atoms with Crippen LogP contribution < -0.4 is 4.72 Å². The summed E-state index contributed by atoms with van der Waals surface area (Å²) >= 11 is 0. The number of sulfonamides is 1. The van der Waals surface area contributed by atoms with Crippen molar-refractivity contribution in [3.63, 3.8) is 0 Å². The molecule has 0 fully saturated rings. The highest BCUT2D eigenvalue weighted by atomic mass is 32.2. The molecule has 0 bridgehead atoms. The van der Waals surface area contributed by atoms with E-state index in [0.717, 1.165) is 0 Å². The molecule has 0 spiro atoms. The zero-order valence-corrected chi connectivity index (χ0v) is 9.00. The van der Waals surface area contributed by atoms with E-state index in [1.165, 1.54) is 14.0 Å². The zero-order valence-electron chi connectivity index (χ0n) is 8.19. The van der Waals surface area contributed by atoms with Gasteiger partial charge in [0.2, 0.25) is 10.0 Å². The molecule has 0 unspecified atom stereocenters. The molecule has 2 N–H and O–H groups in total. The van der Waals surface area contributed by atoms with Gasteiger partial charge in [-0.05, 0) is 6.92 Å². The van der Waals surface area contributed by atoms with Gasteiger partial charge in [-0.15, -0.1) is 0 Å². The molecule has 0 radical (unpaired) electrons. The van der Waals surface area contributed by atoms with Crippen molar-refractivity contribution in [1.82, 2.24) is 4.72 Å². The Bertz CT molecular complexity index is 274. The number of carbonyl (C=O) groups excluding carboxylic acids is 1. The Labute approximate surface area is 83.3 Å². The molecule has 14 heavy (non-hydrogen) atoms. The lowest BCUT2D eigenvalue weighted by molar-refractivity contribution is -0.140. The predicted molar refractivity (Wildman–Crippen MR) is 50.1 cm³/mol. The minimum atomic E-state index is -3.51. The van der Waals surface area contributed by atoms with E-state index in [1.807, 2.05) is 0 Å². The minimum Gasteiger partial charge on any atom is -0.469 e. The minimum absolute atomic E-state index is 0.190. The molecule has 0 aliphatic heterocycles. The number of methoxy groups -OCH3 is 1. The third kappa shape index (κ3) is 5.90. The largest absolute Gasteiger partial charge is 0.469 e. The van der Waals surface area contributed by atoms with Crippen molar-refractivity contribution in [3.8, 4) is 0 Å². The Hall–Kier alpha value is -0.660. The Morgan fingerprint density at radius 1 is 1.57 bits per heavy atom. The highest BCUT2D eigenvalue weighted by Crippen LogP contribution is 1.94. The summed E-state index contributed by atoms with van der Waals surface area (Å²) in [5, 5.41) is 8.60. The molecule has 0 saturated carbocycles. The van der Waals surface area contributed by atoms with Crippen molar-refractivity contribution in [2.75, 3.05) is 19.5 Å². The van der Waals surface area contributed by atoms with E-state index in [-0.39, 0.29) is 18.8 Å². The van der Waals surface area contributed by atoms with Crippen LogP contribution in [0.15, 0.2) is 0 Å². The van der Waals surface area contributed by atoms with Gasteiger partial charge in [-0.25, -0.2) is 13.1 Å². The Morgan fingerprint density at radius 3 is 2.57 bits per heavy atom. The first-order chi connectivity index (χ1) is 6.41. The van der Waals surface area contributed by atoms with E-state index in [1.54, 1.807) is 0 Å². The molecule has 0 aromatic rings. The van der Waals surface area contributed by atoms with Gasteiger partial charge in [0.05, 0.1) is 25.9 Å². The molecule has 0 aliphatic rings. The molecule has 84 valence electrons. The highest BCUT2D eigenvalue weighted by Gasteiger charge is 2.15. The number of nitrogens with one attached hydrogen (secondary N) is 1. The van der Waals surface area contributed by atoms with Gasteiger partial charge in [0.15, 0.2) is 0 Å².